The highest BCUT2D eigenvalue weighted by atomic mass is 19.4. The third-order valence-corrected chi connectivity index (χ3v) is 2.45. The molecule has 1 N–H and O–H groups in total. The molecule has 0 heterocycles. The van der Waals surface area contributed by atoms with E-state index < -0.39 is 23.6 Å². The molecule has 0 saturated carbocycles. The van der Waals surface area contributed by atoms with E-state index in [0.717, 1.165) is 0 Å². The summed E-state index contributed by atoms with van der Waals surface area (Å²) in [5, 5.41) is 13.0. The number of halogens is 3. The first-order chi connectivity index (χ1) is 9.70. The number of benzene rings is 1. The van der Waals surface area contributed by atoms with Gasteiger partial charge in [0.2, 0.25) is 0 Å². The van der Waals surface area contributed by atoms with Gasteiger partial charge in [-0.3, -0.25) is 14.9 Å². The van der Waals surface area contributed by atoms with Crippen molar-refractivity contribution >= 4 is 11.6 Å². The van der Waals surface area contributed by atoms with Gasteiger partial charge in [0.25, 0.3) is 11.6 Å². The fourth-order valence-electron chi connectivity index (χ4n) is 1.53. The van der Waals surface area contributed by atoms with Crippen molar-refractivity contribution in [2.24, 2.45) is 0 Å². The van der Waals surface area contributed by atoms with Crippen molar-refractivity contribution in [3.05, 3.63) is 39.4 Å². The average Bonchev–Trinajstić information content (AvgIpc) is 2.36. The quantitative estimate of drug-likeness (QED) is 0.496. The van der Waals surface area contributed by atoms with Crippen molar-refractivity contribution in [2.45, 2.75) is 13.1 Å². The van der Waals surface area contributed by atoms with Crippen molar-refractivity contribution in [3.8, 4) is 0 Å². The molecule has 116 valence electrons. The molecule has 0 aliphatic heterocycles. The van der Waals surface area contributed by atoms with E-state index in [9.17, 15) is 28.1 Å². The monoisotopic (exact) mass is 306 g/mol. The van der Waals surface area contributed by atoms with Crippen LogP contribution in [-0.4, -0.2) is 36.8 Å². The first-order valence-electron chi connectivity index (χ1n) is 5.88. The number of nitro benzene ring substituents is 1. The number of aryl methyl sites for hydroxylation is 1. The largest absolute Gasteiger partial charge is 0.411 e. The molecule has 6 nitrogen and oxygen atoms in total. The summed E-state index contributed by atoms with van der Waals surface area (Å²) in [6.07, 6.45) is -4.40. The number of nitro groups is 1. The van der Waals surface area contributed by atoms with Crippen molar-refractivity contribution in [1.29, 1.82) is 0 Å². The normalized spacial score (nSPS) is 11.2. The van der Waals surface area contributed by atoms with Crippen LogP contribution in [0.5, 0.6) is 0 Å². The van der Waals surface area contributed by atoms with Gasteiger partial charge in [0, 0.05) is 23.7 Å². The van der Waals surface area contributed by atoms with Crippen molar-refractivity contribution in [2.75, 3.05) is 19.8 Å². The summed E-state index contributed by atoms with van der Waals surface area (Å²) >= 11 is 0. The lowest BCUT2D eigenvalue weighted by Gasteiger charge is -2.09. The van der Waals surface area contributed by atoms with Gasteiger partial charge in [0.05, 0.1) is 11.5 Å². The molecule has 21 heavy (non-hydrogen) atoms. The number of amides is 1. The number of nitrogens with one attached hydrogen (secondary N) is 1. The Balaban J connectivity index is 2.46. The van der Waals surface area contributed by atoms with Crippen LogP contribution >= 0.6 is 0 Å². The number of hydrogen-bond acceptors (Lipinski definition) is 4. The van der Waals surface area contributed by atoms with E-state index >= 15 is 0 Å². The molecule has 1 rings (SSSR count). The summed E-state index contributed by atoms with van der Waals surface area (Å²) in [7, 11) is 0. The highest BCUT2D eigenvalue weighted by molar-refractivity contribution is 5.94. The first-order valence-corrected chi connectivity index (χ1v) is 5.88. The van der Waals surface area contributed by atoms with Gasteiger partial charge in [0.1, 0.15) is 6.61 Å². The molecule has 1 aromatic rings. The number of rotatable bonds is 6. The second kappa shape index (κ2) is 7.02. The van der Waals surface area contributed by atoms with E-state index in [-0.39, 0.29) is 24.4 Å². The molecule has 0 spiro atoms. The predicted molar refractivity (Wildman–Crippen MR) is 67.0 cm³/mol. The van der Waals surface area contributed by atoms with Crippen LogP contribution < -0.4 is 5.32 Å². The zero-order valence-electron chi connectivity index (χ0n) is 11.1. The molecule has 1 aromatic carbocycles. The van der Waals surface area contributed by atoms with Gasteiger partial charge in [-0.1, -0.05) is 0 Å². The van der Waals surface area contributed by atoms with Gasteiger partial charge in [-0.25, -0.2) is 0 Å². The minimum absolute atomic E-state index is 0.0923. The third kappa shape index (κ3) is 5.78. The molecule has 0 fully saturated rings. The van der Waals surface area contributed by atoms with Crippen molar-refractivity contribution in [3.63, 3.8) is 0 Å². The fourth-order valence-corrected chi connectivity index (χ4v) is 1.53. The Kier molecular flexibility index (Phi) is 5.65. The molecular formula is C12H13F3N2O4. The number of ether oxygens (including phenoxy) is 1. The molecule has 0 aliphatic rings. The summed E-state index contributed by atoms with van der Waals surface area (Å²) in [6, 6.07) is 3.81. The summed E-state index contributed by atoms with van der Waals surface area (Å²) in [6.45, 7) is -0.261. The van der Waals surface area contributed by atoms with Crippen molar-refractivity contribution < 1.29 is 27.6 Å². The number of alkyl halides is 3. The molecule has 0 aromatic heterocycles. The van der Waals surface area contributed by atoms with E-state index in [2.05, 4.69) is 10.1 Å². The van der Waals surface area contributed by atoms with Gasteiger partial charge >= 0.3 is 6.18 Å². The van der Waals surface area contributed by atoms with Crippen LogP contribution in [0, 0.1) is 17.0 Å². The van der Waals surface area contributed by atoms with Gasteiger partial charge in [-0.2, -0.15) is 13.2 Å². The zero-order valence-corrected chi connectivity index (χ0v) is 11.1. The zero-order chi connectivity index (χ0) is 16.0. The topological polar surface area (TPSA) is 81.5 Å². The molecule has 0 atom stereocenters. The van der Waals surface area contributed by atoms with Gasteiger partial charge in [-0.05, 0) is 19.1 Å². The molecule has 0 saturated heterocycles. The van der Waals surface area contributed by atoms with Crippen LogP contribution in [0.25, 0.3) is 0 Å². The van der Waals surface area contributed by atoms with E-state index in [0.29, 0.717) is 5.56 Å². The van der Waals surface area contributed by atoms with Crippen LogP contribution in [0.4, 0.5) is 18.9 Å². The maximum Gasteiger partial charge on any atom is 0.411 e. The third-order valence-electron chi connectivity index (χ3n) is 2.45. The highest BCUT2D eigenvalue weighted by Crippen LogP contribution is 2.18. The minimum atomic E-state index is -4.40. The Morgan fingerprint density at radius 2 is 2.10 bits per heavy atom. The van der Waals surface area contributed by atoms with Crippen LogP contribution in [0.15, 0.2) is 18.2 Å². The summed E-state index contributed by atoms with van der Waals surface area (Å²) < 4.78 is 39.7. The van der Waals surface area contributed by atoms with Gasteiger partial charge in [-0.15, -0.1) is 0 Å². The van der Waals surface area contributed by atoms with Crippen LogP contribution in [-0.2, 0) is 4.74 Å². The molecule has 0 bridgehead atoms. The first kappa shape index (κ1) is 16.9. The Labute approximate surface area is 118 Å². The molecule has 0 aliphatic carbocycles. The lowest BCUT2D eigenvalue weighted by atomic mass is 10.1. The van der Waals surface area contributed by atoms with Crippen molar-refractivity contribution in [1.82, 2.24) is 5.32 Å². The second-order valence-electron chi connectivity index (χ2n) is 4.18. The molecular weight excluding hydrogens is 293 g/mol. The predicted octanol–water partition coefficient (Wildman–Crippen LogP) is 2.21. The smallest absolute Gasteiger partial charge is 0.370 e. The van der Waals surface area contributed by atoms with Crippen LogP contribution in [0.3, 0.4) is 0 Å². The number of hydrogen-bond donors (Lipinski definition) is 1. The minimum Gasteiger partial charge on any atom is -0.370 e. The van der Waals surface area contributed by atoms with E-state index in [1.165, 1.54) is 25.1 Å². The Bertz CT molecular complexity index is 532. The molecule has 1 amide bonds. The second-order valence-corrected chi connectivity index (χ2v) is 4.18. The maximum absolute atomic E-state index is 11.8. The van der Waals surface area contributed by atoms with Crippen LogP contribution in [0.1, 0.15) is 15.9 Å². The summed E-state index contributed by atoms with van der Waals surface area (Å²) in [5.41, 5.74) is 0.398. The Morgan fingerprint density at radius 3 is 2.62 bits per heavy atom. The highest BCUT2D eigenvalue weighted by Gasteiger charge is 2.27. The summed E-state index contributed by atoms with van der Waals surface area (Å²) in [4.78, 5) is 21.7. The van der Waals surface area contributed by atoms with E-state index in [4.69, 9.17) is 0 Å². The number of nitrogens with zero attached hydrogens (tertiary/aromatic N) is 1. The van der Waals surface area contributed by atoms with E-state index in [1.807, 2.05) is 0 Å². The Morgan fingerprint density at radius 1 is 1.43 bits per heavy atom. The fraction of sp³-hybridized carbons (Fsp3) is 0.417. The SMILES string of the molecule is Cc1cc(C(=O)NCCOCC(F)(F)F)ccc1[N+](=O)[O-]. The lowest BCUT2D eigenvalue weighted by molar-refractivity contribution is -0.385. The lowest BCUT2D eigenvalue weighted by Crippen LogP contribution is -2.28. The molecule has 9 heteroatoms. The standard InChI is InChI=1S/C12H13F3N2O4/c1-8-6-9(2-3-10(8)17(19)20)11(18)16-4-5-21-7-12(13,14)15/h2-3,6H,4-5,7H2,1H3,(H,16,18). The van der Waals surface area contributed by atoms with Crippen LogP contribution in [0.2, 0.25) is 0 Å². The molecule has 0 unspecified atom stereocenters. The average molecular weight is 306 g/mol. The summed E-state index contributed by atoms with van der Waals surface area (Å²) in [5.74, 6) is -0.538. The van der Waals surface area contributed by atoms with E-state index in [1.54, 1.807) is 0 Å². The number of carbonyl (C=O) groups excluding carboxylic acids is 1. The molecule has 0 radical (unpaired) electrons. The number of carbonyl (C=O) groups is 1. The van der Waals surface area contributed by atoms with Gasteiger partial charge in [0.15, 0.2) is 0 Å². The Hall–Kier alpha value is -2.16. The maximum atomic E-state index is 11.8. The van der Waals surface area contributed by atoms with Gasteiger partial charge < -0.3 is 10.1 Å².